The second kappa shape index (κ2) is 17.2. The Labute approximate surface area is 239 Å². The van der Waals surface area contributed by atoms with Crippen molar-refractivity contribution in [3.63, 3.8) is 0 Å². The van der Waals surface area contributed by atoms with Gasteiger partial charge in [-0.2, -0.15) is 5.26 Å². The maximum Gasteiger partial charge on any atom is 0.406 e. The largest absolute Gasteiger partial charge is 0.453 e. The van der Waals surface area contributed by atoms with Gasteiger partial charge >= 0.3 is 6.09 Å². The van der Waals surface area contributed by atoms with Crippen LogP contribution in [0, 0.1) is 16.7 Å². The Morgan fingerprint density at radius 3 is 2.75 bits per heavy atom. The molecule has 3 aliphatic heterocycles. The van der Waals surface area contributed by atoms with Gasteiger partial charge in [0, 0.05) is 30.7 Å². The van der Waals surface area contributed by atoms with Crippen LogP contribution in [-0.4, -0.2) is 79.9 Å². The number of ether oxygens (including phenoxy) is 1. The molecule has 216 valence electrons. The lowest BCUT2D eigenvalue weighted by molar-refractivity contribution is -0.132. The summed E-state index contributed by atoms with van der Waals surface area (Å²) in [6, 6.07) is 2.39. The third-order valence-electron chi connectivity index (χ3n) is 6.95. The van der Waals surface area contributed by atoms with Crippen LogP contribution in [0.25, 0.3) is 0 Å². The molecule has 2 N–H and O–H groups in total. The number of methoxy groups -OCH3 is 1. The van der Waals surface area contributed by atoms with E-state index in [2.05, 4.69) is 51.2 Å². The number of nitrogens with zero attached hydrogens (tertiary/aromatic N) is 4. The van der Waals surface area contributed by atoms with Gasteiger partial charge in [-0.3, -0.25) is 19.5 Å². The van der Waals surface area contributed by atoms with Crippen LogP contribution in [0.15, 0.2) is 65.4 Å². The average Bonchev–Trinajstić information content (AvgIpc) is 2.98. The van der Waals surface area contributed by atoms with E-state index in [4.69, 9.17) is 0 Å². The van der Waals surface area contributed by atoms with Crippen LogP contribution in [0.5, 0.6) is 0 Å². The molecule has 3 amide bonds. The molecule has 0 spiro atoms. The van der Waals surface area contributed by atoms with Gasteiger partial charge in [0.15, 0.2) is 0 Å². The van der Waals surface area contributed by atoms with Gasteiger partial charge in [0.25, 0.3) is 0 Å². The first kappa shape index (κ1) is 32.7. The Bertz CT molecular complexity index is 1080. The molecule has 3 atom stereocenters. The molecular formula is C29H41N6O4P. The van der Waals surface area contributed by atoms with Crippen LogP contribution in [0.3, 0.4) is 0 Å². The molecule has 0 aliphatic carbocycles. The van der Waals surface area contributed by atoms with Crippen LogP contribution < -0.4 is 10.6 Å². The second-order valence-corrected chi connectivity index (χ2v) is 10.9. The number of nitrogens with one attached hydrogen (secondary N) is 2. The molecule has 0 radical (unpaired) electrons. The number of aliphatic imine (C=N–C) groups is 1. The zero-order valence-electron chi connectivity index (χ0n) is 23.6. The van der Waals surface area contributed by atoms with E-state index in [0.717, 1.165) is 38.0 Å². The van der Waals surface area contributed by atoms with Crippen molar-refractivity contribution in [2.75, 3.05) is 33.8 Å². The highest BCUT2D eigenvalue weighted by Crippen LogP contribution is 2.35. The summed E-state index contributed by atoms with van der Waals surface area (Å²) < 4.78 is 4.50. The third-order valence-corrected chi connectivity index (χ3v) is 8.26. The molecule has 1 saturated heterocycles. The normalized spacial score (nSPS) is 21.1. The summed E-state index contributed by atoms with van der Waals surface area (Å²) in [6.07, 6.45) is 18.2. The fourth-order valence-corrected chi connectivity index (χ4v) is 5.41. The summed E-state index contributed by atoms with van der Waals surface area (Å²) in [6.45, 7) is 7.74. The molecule has 10 nitrogen and oxygen atoms in total. The number of piperidine rings is 1. The lowest BCUT2D eigenvalue weighted by Gasteiger charge is -2.34. The highest BCUT2D eigenvalue weighted by atomic mass is 31.1. The number of carbonyl (C=O) groups excluding carboxylic acids is 3. The summed E-state index contributed by atoms with van der Waals surface area (Å²) >= 11 is 0. The SMILES string of the molecule is C=N/C=C\C=C/CC1(C#N)CCN(C)CC1.CCC(CCNC(=O)OC)NC(=O)C1PC=C2C=CC=CN2C1=O. The molecule has 1 fully saturated rings. The van der Waals surface area contributed by atoms with E-state index in [1.165, 1.54) is 12.0 Å². The number of rotatable bonds is 10. The predicted molar refractivity (Wildman–Crippen MR) is 160 cm³/mol. The third kappa shape index (κ3) is 10.2. The molecule has 11 heteroatoms. The number of alkyl carbamates (subject to hydrolysis) is 1. The summed E-state index contributed by atoms with van der Waals surface area (Å²) in [5.74, 6) is 1.46. The minimum atomic E-state index is -0.687. The van der Waals surface area contributed by atoms with Gasteiger partial charge in [0.2, 0.25) is 11.8 Å². The Hall–Kier alpha value is -3.54. The van der Waals surface area contributed by atoms with Gasteiger partial charge in [-0.25, -0.2) is 4.79 Å². The maximum atomic E-state index is 12.5. The van der Waals surface area contributed by atoms with Crippen molar-refractivity contribution in [3.8, 4) is 6.07 Å². The molecule has 0 aromatic carbocycles. The first-order valence-electron chi connectivity index (χ1n) is 13.4. The van der Waals surface area contributed by atoms with Crippen molar-refractivity contribution < 1.29 is 19.1 Å². The minimum Gasteiger partial charge on any atom is -0.453 e. The van der Waals surface area contributed by atoms with E-state index in [1.54, 1.807) is 18.5 Å². The van der Waals surface area contributed by atoms with Crippen molar-refractivity contribution in [2.24, 2.45) is 10.4 Å². The molecule has 0 aromatic heterocycles. The van der Waals surface area contributed by atoms with Gasteiger partial charge < -0.3 is 20.3 Å². The Balaban J connectivity index is 0.000000305. The van der Waals surface area contributed by atoms with Gasteiger partial charge in [-0.05, 0) is 83.0 Å². The van der Waals surface area contributed by atoms with Crippen LogP contribution in [0.2, 0.25) is 0 Å². The van der Waals surface area contributed by atoms with E-state index in [0.29, 0.717) is 19.4 Å². The zero-order valence-corrected chi connectivity index (χ0v) is 24.6. The minimum absolute atomic E-state index is 0.102. The molecule has 0 bridgehead atoms. The van der Waals surface area contributed by atoms with Crippen LogP contribution in [-0.2, 0) is 14.3 Å². The number of amides is 3. The van der Waals surface area contributed by atoms with Gasteiger partial charge in [-0.1, -0.05) is 33.7 Å². The Kier molecular flexibility index (Phi) is 14.1. The van der Waals surface area contributed by atoms with Gasteiger partial charge in [-0.15, -0.1) is 0 Å². The number of fused-ring (bicyclic) bond motifs is 1. The first-order valence-corrected chi connectivity index (χ1v) is 14.6. The summed E-state index contributed by atoms with van der Waals surface area (Å²) in [5.41, 5.74) is -0.0231. The lowest BCUT2D eigenvalue weighted by atomic mass is 9.77. The summed E-state index contributed by atoms with van der Waals surface area (Å²) in [4.78, 5) is 43.4. The Morgan fingerprint density at radius 2 is 2.10 bits per heavy atom. The number of likely N-dealkylation sites (tertiary alicyclic amines) is 1. The topological polar surface area (TPSA) is 127 Å². The molecular weight excluding hydrogens is 527 g/mol. The first-order chi connectivity index (χ1) is 19.3. The number of hydrogen-bond acceptors (Lipinski definition) is 7. The fourth-order valence-electron chi connectivity index (χ4n) is 4.32. The van der Waals surface area contributed by atoms with E-state index in [1.807, 2.05) is 37.0 Å². The van der Waals surface area contributed by atoms with Gasteiger partial charge in [0.05, 0.1) is 18.6 Å². The fraction of sp³-hybridized carbons (Fsp3) is 0.483. The molecule has 0 aromatic rings. The Morgan fingerprint density at radius 1 is 1.35 bits per heavy atom. The monoisotopic (exact) mass is 568 g/mol. The van der Waals surface area contributed by atoms with E-state index in [9.17, 15) is 19.6 Å². The molecule has 3 aliphatic rings. The van der Waals surface area contributed by atoms with Crippen molar-refractivity contribution in [1.82, 2.24) is 20.4 Å². The van der Waals surface area contributed by atoms with Crippen molar-refractivity contribution >= 4 is 33.2 Å². The lowest BCUT2D eigenvalue weighted by Crippen LogP contribution is -2.48. The number of nitriles is 1. The number of allylic oxidation sites excluding steroid dienone is 6. The molecule has 40 heavy (non-hydrogen) atoms. The van der Waals surface area contributed by atoms with Gasteiger partial charge in [0.1, 0.15) is 5.66 Å². The van der Waals surface area contributed by atoms with Crippen molar-refractivity contribution in [3.05, 3.63) is 60.4 Å². The molecule has 0 saturated carbocycles. The van der Waals surface area contributed by atoms with Crippen molar-refractivity contribution in [1.29, 1.82) is 5.26 Å². The highest BCUT2D eigenvalue weighted by molar-refractivity contribution is 7.45. The predicted octanol–water partition coefficient (Wildman–Crippen LogP) is 3.82. The molecule has 3 rings (SSSR count). The van der Waals surface area contributed by atoms with E-state index >= 15 is 0 Å². The average molecular weight is 569 g/mol. The summed E-state index contributed by atoms with van der Waals surface area (Å²) in [7, 11) is 3.53. The quantitative estimate of drug-likeness (QED) is 0.179. The standard InChI is InChI=1S/C16H22N3O4P.C13H19N3/c1-3-11(7-8-17-16(22)23-2)18-14(20)13-15(21)19-9-5-4-6-12(19)10-24-13;1-15-9-5-3-4-6-13(12-14)7-10-16(2)11-8-13/h4-6,9-11,13,24H,3,7-8H2,1-2H3,(H,17,22)(H,18,20);3-5,9H,1,6-8,10-11H2,2H3/b;4-3-,9-5-. The summed E-state index contributed by atoms with van der Waals surface area (Å²) in [5, 5.41) is 14.8. The molecule has 3 unspecified atom stereocenters. The number of carbonyl (C=O) groups is 3. The maximum absolute atomic E-state index is 12.5. The zero-order chi connectivity index (χ0) is 29.4. The van der Waals surface area contributed by atoms with Crippen LogP contribution >= 0.6 is 8.58 Å². The second-order valence-electron chi connectivity index (χ2n) is 9.75. The smallest absolute Gasteiger partial charge is 0.406 e. The molecule has 3 heterocycles. The van der Waals surface area contributed by atoms with E-state index in [-0.39, 0.29) is 31.9 Å². The van der Waals surface area contributed by atoms with E-state index < -0.39 is 11.8 Å². The van der Waals surface area contributed by atoms with Crippen LogP contribution in [0.4, 0.5) is 4.79 Å². The highest BCUT2D eigenvalue weighted by Gasteiger charge is 2.35. The number of hydrogen-bond donors (Lipinski definition) is 2. The van der Waals surface area contributed by atoms with Crippen LogP contribution in [0.1, 0.15) is 39.0 Å². The van der Waals surface area contributed by atoms with Crippen molar-refractivity contribution in [2.45, 2.75) is 50.7 Å².